The fourth-order valence-electron chi connectivity index (χ4n) is 2.80. The number of nitrogens with zero attached hydrogens (tertiary/aromatic N) is 2. The van der Waals surface area contributed by atoms with Crippen LogP contribution in [0.25, 0.3) is 10.9 Å². The molecule has 0 bridgehead atoms. The molecule has 0 saturated carbocycles. The second-order valence-corrected chi connectivity index (χ2v) is 5.51. The summed E-state index contributed by atoms with van der Waals surface area (Å²) >= 11 is 0. The number of anilines is 2. The summed E-state index contributed by atoms with van der Waals surface area (Å²) in [6.45, 7) is 1.23. The van der Waals surface area contributed by atoms with Gasteiger partial charge >= 0.3 is 6.03 Å². The zero-order valence-corrected chi connectivity index (χ0v) is 12.7. The lowest BCUT2D eigenvalue weighted by Crippen LogP contribution is -2.27. The Morgan fingerprint density at radius 1 is 1.17 bits per heavy atom. The van der Waals surface area contributed by atoms with Gasteiger partial charge in [0.15, 0.2) is 5.69 Å². The van der Waals surface area contributed by atoms with Crippen molar-refractivity contribution in [3.8, 4) is 0 Å². The first-order valence-corrected chi connectivity index (χ1v) is 7.62. The Bertz CT molecular complexity index is 933. The average Bonchev–Trinajstić information content (AvgIpc) is 3.21. The third-order valence-corrected chi connectivity index (χ3v) is 3.96. The number of rotatable bonds is 3. The van der Waals surface area contributed by atoms with E-state index in [-0.39, 0.29) is 11.9 Å². The molecule has 0 spiro atoms. The molecule has 0 atom stereocenters. The predicted octanol–water partition coefficient (Wildman–Crippen LogP) is 2.34. The monoisotopic (exact) mass is 321 g/mol. The van der Waals surface area contributed by atoms with Crippen molar-refractivity contribution < 1.29 is 9.59 Å². The van der Waals surface area contributed by atoms with Crippen molar-refractivity contribution in [2.45, 2.75) is 0 Å². The van der Waals surface area contributed by atoms with Crippen molar-refractivity contribution in [1.82, 2.24) is 15.5 Å². The van der Waals surface area contributed by atoms with Crippen LogP contribution in [0.15, 0.2) is 48.5 Å². The Morgan fingerprint density at radius 2 is 2.04 bits per heavy atom. The fourth-order valence-corrected chi connectivity index (χ4v) is 2.80. The normalized spacial score (nSPS) is 14.0. The molecule has 1 fully saturated rings. The second kappa shape index (κ2) is 5.69. The lowest BCUT2D eigenvalue weighted by molar-refractivity contribution is 0.102. The molecule has 1 aliphatic heterocycles. The van der Waals surface area contributed by atoms with E-state index in [0.717, 1.165) is 16.6 Å². The van der Waals surface area contributed by atoms with Crippen LogP contribution in [0.2, 0.25) is 0 Å². The van der Waals surface area contributed by atoms with E-state index in [1.54, 1.807) is 23.1 Å². The number of amides is 3. The minimum atomic E-state index is -0.296. The largest absolute Gasteiger partial charge is 0.336 e. The zero-order valence-electron chi connectivity index (χ0n) is 12.7. The van der Waals surface area contributed by atoms with E-state index in [9.17, 15) is 9.59 Å². The molecule has 7 nitrogen and oxygen atoms in total. The number of urea groups is 1. The molecule has 0 aliphatic carbocycles. The standard InChI is InChI=1S/C17H15N5O2/c23-16(15-13-6-1-2-7-14(13)20-21-15)19-11-4-3-5-12(10-11)22-9-8-18-17(22)24/h1-7,10H,8-9H2,(H,18,24)(H,19,23)(H,20,21). The summed E-state index contributed by atoms with van der Waals surface area (Å²) in [5, 5.41) is 13.3. The first-order valence-electron chi connectivity index (χ1n) is 7.62. The SMILES string of the molecule is O=C(Nc1cccc(N2CCNC2=O)c1)c1n[nH]c2ccccc12. The van der Waals surface area contributed by atoms with Gasteiger partial charge in [0.25, 0.3) is 5.91 Å². The van der Waals surface area contributed by atoms with Crippen molar-refractivity contribution in [2.24, 2.45) is 0 Å². The van der Waals surface area contributed by atoms with Crippen LogP contribution < -0.4 is 15.5 Å². The number of carbonyl (C=O) groups excluding carboxylic acids is 2. The van der Waals surface area contributed by atoms with Gasteiger partial charge in [-0.1, -0.05) is 24.3 Å². The van der Waals surface area contributed by atoms with Crippen molar-refractivity contribution in [3.05, 3.63) is 54.2 Å². The Labute approximate surface area is 137 Å². The smallest absolute Gasteiger partial charge is 0.321 e. The van der Waals surface area contributed by atoms with Gasteiger partial charge in [0.1, 0.15) is 0 Å². The number of benzene rings is 2. The summed E-state index contributed by atoms with van der Waals surface area (Å²) in [4.78, 5) is 25.9. The third kappa shape index (κ3) is 2.45. The Kier molecular flexibility index (Phi) is 3.38. The molecule has 7 heteroatoms. The fraction of sp³-hybridized carbons (Fsp3) is 0.118. The number of nitrogens with one attached hydrogen (secondary N) is 3. The lowest BCUT2D eigenvalue weighted by atomic mass is 10.2. The number of H-pyrrole nitrogens is 1. The summed E-state index contributed by atoms with van der Waals surface area (Å²) in [7, 11) is 0. The highest BCUT2D eigenvalue weighted by atomic mass is 16.2. The molecule has 2 aromatic carbocycles. The van der Waals surface area contributed by atoms with Gasteiger partial charge in [0, 0.05) is 29.9 Å². The highest BCUT2D eigenvalue weighted by Crippen LogP contribution is 2.22. The van der Waals surface area contributed by atoms with E-state index < -0.39 is 0 Å². The van der Waals surface area contributed by atoms with E-state index in [1.165, 1.54) is 0 Å². The maximum Gasteiger partial charge on any atom is 0.321 e. The van der Waals surface area contributed by atoms with Gasteiger partial charge in [-0.05, 0) is 24.3 Å². The van der Waals surface area contributed by atoms with Gasteiger partial charge in [0.2, 0.25) is 0 Å². The molecule has 3 N–H and O–H groups in total. The summed E-state index contributed by atoms with van der Waals surface area (Å²) < 4.78 is 0. The summed E-state index contributed by atoms with van der Waals surface area (Å²) in [6.07, 6.45) is 0. The Balaban J connectivity index is 1.59. The number of carbonyl (C=O) groups is 2. The Morgan fingerprint density at radius 3 is 2.88 bits per heavy atom. The lowest BCUT2D eigenvalue weighted by Gasteiger charge is -2.15. The zero-order chi connectivity index (χ0) is 16.5. The van der Waals surface area contributed by atoms with Gasteiger partial charge in [-0.15, -0.1) is 0 Å². The molecule has 4 rings (SSSR count). The molecule has 0 radical (unpaired) electrons. The molecule has 1 saturated heterocycles. The minimum Gasteiger partial charge on any atom is -0.336 e. The molecular formula is C17H15N5O2. The Hall–Kier alpha value is -3.35. The van der Waals surface area contributed by atoms with Crippen molar-refractivity contribution in [3.63, 3.8) is 0 Å². The van der Waals surface area contributed by atoms with Gasteiger partial charge in [-0.2, -0.15) is 5.10 Å². The maximum atomic E-state index is 12.5. The molecule has 1 aromatic heterocycles. The van der Waals surface area contributed by atoms with Crippen LogP contribution in [-0.2, 0) is 0 Å². The van der Waals surface area contributed by atoms with Crippen LogP contribution >= 0.6 is 0 Å². The highest BCUT2D eigenvalue weighted by molar-refractivity contribution is 6.11. The van der Waals surface area contributed by atoms with Crippen molar-refractivity contribution in [2.75, 3.05) is 23.3 Å². The highest BCUT2D eigenvalue weighted by Gasteiger charge is 2.21. The molecular weight excluding hydrogens is 306 g/mol. The van der Waals surface area contributed by atoms with Gasteiger partial charge in [-0.25, -0.2) is 4.79 Å². The van der Waals surface area contributed by atoms with Crippen LogP contribution in [0.3, 0.4) is 0 Å². The molecule has 0 unspecified atom stereocenters. The molecule has 120 valence electrons. The second-order valence-electron chi connectivity index (χ2n) is 5.51. The van der Waals surface area contributed by atoms with E-state index in [4.69, 9.17) is 0 Å². The predicted molar refractivity (Wildman–Crippen MR) is 91.2 cm³/mol. The summed E-state index contributed by atoms with van der Waals surface area (Å²) in [5.41, 5.74) is 2.51. The van der Waals surface area contributed by atoms with Gasteiger partial charge < -0.3 is 10.6 Å². The van der Waals surface area contributed by atoms with E-state index in [0.29, 0.717) is 24.5 Å². The number of para-hydroxylation sites is 1. The first kappa shape index (κ1) is 14.3. The van der Waals surface area contributed by atoms with Crippen molar-refractivity contribution in [1.29, 1.82) is 0 Å². The summed E-state index contributed by atoms with van der Waals surface area (Å²) in [5.74, 6) is -0.296. The van der Waals surface area contributed by atoms with Crippen LogP contribution in [0.5, 0.6) is 0 Å². The van der Waals surface area contributed by atoms with Crippen LogP contribution in [0, 0.1) is 0 Å². The molecule has 3 amide bonds. The third-order valence-electron chi connectivity index (χ3n) is 3.96. The van der Waals surface area contributed by atoms with Crippen LogP contribution in [-0.4, -0.2) is 35.2 Å². The first-order chi connectivity index (χ1) is 11.7. The molecule has 3 aromatic rings. The van der Waals surface area contributed by atoms with Gasteiger partial charge in [-0.3, -0.25) is 14.8 Å². The maximum absolute atomic E-state index is 12.5. The number of hydrogen-bond donors (Lipinski definition) is 3. The van der Waals surface area contributed by atoms with Crippen molar-refractivity contribution >= 4 is 34.2 Å². The van der Waals surface area contributed by atoms with E-state index in [2.05, 4.69) is 20.8 Å². The number of fused-ring (bicyclic) bond motifs is 1. The number of hydrogen-bond acceptors (Lipinski definition) is 3. The molecule has 1 aliphatic rings. The van der Waals surface area contributed by atoms with Gasteiger partial charge in [0.05, 0.1) is 5.52 Å². The number of aromatic amines is 1. The van der Waals surface area contributed by atoms with Crippen LogP contribution in [0.4, 0.5) is 16.2 Å². The average molecular weight is 321 g/mol. The van der Waals surface area contributed by atoms with E-state index >= 15 is 0 Å². The van der Waals surface area contributed by atoms with Crippen LogP contribution in [0.1, 0.15) is 10.5 Å². The molecule has 2 heterocycles. The number of aromatic nitrogens is 2. The quantitative estimate of drug-likeness (QED) is 0.691. The molecule has 24 heavy (non-hydrogen) atoms. The summed E-state index contributed by atoms with van der Waals surface area (Å²) in [6, 6.07) is 14.5. The minimum absolute atomic E-state index is 0.128. The van der Waals surface area contributed by atoms with E-state index in [1.807, 2.05) is 30.3 Å². The topological polar surface area (TPSA) is 90.1 Å².